The molecule has 0 spiro atoms. The van der Waals surface area contributed by atoms with E-state index in [9.17, 15) is 9.59 Å². The SMILES string of the molecule is CC(=O)O[C@@H]1CC(=O)C[C@H](NCc2ccccc2)C1. The van der Waals surface area contributed by atoms with Crippen molar-refractivity contribution in [2.24, 2.45) is 0 Å². The van der Waals surface area contributed by atoms with E-state index >= 15 is 0 Å². The van der Waals surface area contributed by atoms with Gasteiger partial charge in [0.2, 0.25) is 0 Å². The Morgan fingerprint density at radius 3 is 2.74 bits per heavy atom. The number of rotatable bonds is 4. The molecule has 0 bridgehead atoms. The number of ketones is 1. The van der Waals surface area contributed by atoms with Gasteiger partial charge in [-0.05, 0) is 5.56 Å². The van der Waals surface area contributed by atoms with Gasteiger partial charge in [-0.2, -0.15) is 0 Å². The Hall–Kier alpha value is -1.68. The smallest absolute Gasteiger partial charge is 0.302 e. The Morgan fingerprint density at radius 2 is 2.05 bits per heavy atom. The summed E-state index contributed by atoms with van der Waals surface area (Å²) in [5.74, 6) is -0.162. The van der Waals surface area contributed by atoms with Crippen LogP contribution >= 0.6 is 0 Å². The summed E-state index contributed by atoms with van der Waals surface area (Å²) in [6.07, 6.45) is 1.30. The van der Waals surface area contributed by atoms with E-state index in [-0.39, 0.29) is 23.9 Å². The number of benzene rings is 1. The minimum Gasteiger partial charge on any atom is -0.462 e. The summed E-state index contributed by atoms with van der Waals surface area (Å²) in [6, 6.07) is 10.1. The molecule has 0 heterocycles. The van der Waals surface area contributed by atoms with Crippen LogP contribution in [-0.2, 0) is 20.9 Å². The van der Waals surface area contributed by atoms with Gasteiger partial charge in [0, 0.05) is 38.8 Å². The van der Waals surface area contributed by atoms with Crippen molar-refractivity contribution in [1.82, 2.24) is 5.32 Å². The molecule has 0 radical (unpaired) electrons. The van der Waals surface area contributed by atoms with Gasteiger partial charge >= 0.3 is 5.97 Å². The van der Waals surface area contributed by atoms with E-state index in [4.69, 9.17) is 4.74 Å². The lowest BCUT2D eigenvalue weighted by Crippen LogP contribution is -2.40. The van der Waals surface area contributed by atoms with Gasteiger partial charge in [-0.3, -0.25) is 9.59 Å². The van der Waals surface area contributed by atoms with Gasteiger partial charge in [0.05, 0.1) is 0 Å². The quantitative estimate of drug-likeness (QED) is 0.840. The van der Waals surface area contributed by atoms with Crippen molar-refractivity contribution in [3.63, 3.8) is 0 Å². The van der Waals surface area contributed by atoms with Crippen LogP contribution in [0.1, 0.15) is 31.7 Å². The molecule has 0 saturated heterocycles. The van der Waals surface area contributed by atoms with Gasteiger partial charge in [-0.1, -0.05) is 30.3 Å². The van der Waals surface area contributed by atoms with Crippen LogP contribution < -0.4 is 5.32 Å². The molecule has 0 aromatic heterocycles. The maximum absolute atomic E-state index is 11.6. The van der Waals surface area contributed by atoms with Gasteiger partial charge in [0.1, 0.15) is 11.9 Å². The predicted molar refractivity (Wildman–Crippen MR) is 71.5 cm³/mol. The maximum Gasteiger partial charge on any atom is 0.302 e. The molecule has 1 fully saturated rings. The third kappa shape index (κ3) is 4.48. The first-order valence-electron chi connectivity index (χ1n) is 6.59. The summed E-state index contributed by atoms with van der Waals surface area (Å²) >= 11 is 0. The number of ether oxygens (including phenoxy) is 1. The number of carbonyl (C=O) groups is 2. The lowest BCUT2D eigenvalue weighted by molar-refractivity contribution is -0.149. The topological polar surface area (TPSA) is 55.4 Å². The Kier molecular flexibility index (Phi) is 4.68. The second kappa shape index (κ2) is 6.48. The summed E-state index contributed by atoms with van der Waals surface area (Å²) in [5, 5.41) is 3.36. The molecule has 2 atom stereocenters. The van der Waals surface area contributed by atoms with E-state index < -0.39 is 0 Å². The Labute approximate surface area is 113 Å². The summed E-state index contributed by atoms with van der Waals surface area (Å²) in [6.45, 7) is 2.11. The van der Waals surface area contributed by atoms with E-state index in [2.05, 4.69) is 5.32 Å². The molecule has 1 aliphatic rings. The highest BCUT2D eigenvalue weighted by Crippen LogP contribution is 2.19. The van der Waals surface area contributed by atoms with Gasteiger partial charge in [0.25, 0.3) is 0 Å². The average molecular weight is 261 g/mol. The highest BCUT2D eigenvalue weighted by molar-refractivity contribution is 5.81. The first-order valence-corrected chi connectivity index (χ1v) is 6.59. The highest BCUT2D eigenvalue weighted by atomic mass is 16.5. The van der Waals surface area contributed by atoms with E-state index in [0.717, 1.165) is 6.54 Å². The van der Waals surface area contributed by atoms with Crippen molar-refractivity contribution in [3.8, 4) is 0 Å². The highest BCUT2D eigenvalue weighted by Gasteiger charge is 2.28. The van der Waals surface area contributed by atoms with Gasteiger partial charge in [-0.15, -0.1) is 0 Å². The Bertz CT molecular complexity index is 442. The number of esters is 1. The van der Waals surface area contributed by atoms with Crippen molar-refractivity contribution < 1.29 is 14.3 Å². The number of nitrogens with one attached hydrogen (secondary N) is 1. The molecule has 0 unspecified atom stereocenters. The monoisotopic (exact) mass is 261 g/mol. The zero-order valence-corrected chi connectivity index (χ0v) is 11.1. The van der Waals surface area contributed by atoms with Crippen LogP contribution in [0.25, 0.3) is 0 Å². The van der Waals surface area contributed by atoms with Crippen molar-refractivity contribution in [1.29, 1.82) is 0 Å². The predicted octanol–water partition coefficient (Wildman–Crippen LogP) is 1.83. The first kappa shape index (κ1) is 13.7. The number of carbonyl (C=O) groups excluding carboxylic acids is 2. The standard InChI is InChI=1S/C15H19NO3/c1-11(17)19-15-8-13(7-14(18)9-15)16-10-12-5-3-2-4-6-12/h2-6,13,15-16H,7-10H2,1H3/t13-,15-/m0/s1. The zero-order chi connectivity index (χ0) is 13.7. The molecule has 0 amide bonds. The lowest BCUT2D eigenvalue weighted by atomic mass is 9.91. The van der Waals surface area contributed by atoms with Gasteiger partial charge in [0.15, 0.2) is 0 Å². The fourth-order valence-corrected chi connectivity index (χ4v) is 2.43. The molecule has 0 aliphatic heterocycles. The summed E-state index contributed by atoms with van der Waals surface area (Å²) in [7, 11) is 0. The van der Waals surface area contributed by atoms with E-state index in [1.807, 2.05) is 30.3 Å². The van der Waals surface area contributed by atoms with Crippen LogP contribution in [-0.4, -0.2) is 23.9 Å². The molecule has 1 aliphatic carbocycles. The molecular formula is C15H19NO3. The fourth-order valence-electron chi connectivity index (χ4n) is 2.43. The largest absolute Gasteiger partial charge is 0.462 e. The molecule has 1 aromatic rings. The minimum atomic E-state index is -0.318. The second-order valence-electron chi connectivity index (χ2n) is 4.98. The van der Waals surface area contributed by atoms with Crippen LogP contribution in [0.5, 0.6) is 0 Å². The molecule has 19 heavy (non-hydrogen) atoms. The number of hydrogen-bond acceptors (Lipinski definition) is 4. The van der Waals surface area contributed by atoms with Crippen molar-refractivity contribution in [3.05, 3.63) is 35.9 Å². The molecule has 102 valence electrons. The number of hydrogen-bond donors (Lipinski definition) is 1. The molecule has 2 rings (SSSR count). The fraction of sp³-hybridized carbons (Fsp3) is 0.467. The molecule has 1 aromatic carbocycles. The second-order valence-corrected chi connectivity index (χ2v) is 4.98. The van der Waals surface area contributed by atoms with Crippen LogP contribution in [0.3, 0.4) is 0 Å². The van der Waals surface area contributed by atoms with Crippen LogP contribution in [0, 0.1) is 0 Å². The van der Waals surface area contributed by atoms with Gasteiger partial charge < -0.3 is 10.1 Å². The van der Waals surface area contributed by atoms with Crippen LogP contribution in [0.15, 0.2) is 30.3 Å². The van der Waals surface area contributed by atoms with E-state index in [0.29, 0.717) is 19.3 Å². The zero-order valence-electron chi connectivity index (χ0n) is 11.1. The third-order valence-electron chi connectivity index (χ3n) is 3.25. The van der Waals surface area contributed by atoms with Crippen molar-refractivity contribution >= 4 is 11.8 Å². The lowest BCUT2D eigenvalue weighted by Gasteiger charge is -2.28. The van der Waals surface area contributed by atoms with Gasteiger partial charge in [-0.25, -0.2) is 0 Å². The molecule has 1 saturated carbocycles. The van der Waals surface area contributed by atoms with E-state index in [1.165, 1.54) is 12.5 Å². The minimum absolute atomic E-state index is 0.0887. The summed E-state index contributed by atoms with van der Waals surface area (Å²) < 4.78 is 5.14. The molecule has 4 heteroatoms. The normalized spacial score (nSPS) is 23.1. The van der Waals surface area contributed by atoms with Crippen LogP contribution in [0.4, 0.5) is 0 Å². The van der Waals surface area contributed by atoms with Crippen molar-refractivity contribution in [2.75, 3.05) is 0 Å². The summed E-state index contributed by atoms with van der Waals surface area (Å²) in [4.78, 5) is 22.6. The molecular weight excluding hydrogens is 242 g/mol. The van der Waals surface area contributed by atoms with Crippen molar-refractivity contribution in [2.45, 2.75) is 44.9 Å². The molecule has 1 N–H and O–H groups in total. The Balaban J connectivity index is 1.85. The van der Waals surface area contributed by atoms with E-state index in [1.54, 1.807) is 0 Å². The first-order chi connectivity index (χ1) is 9.13. The average Bonchev–Trinajstić information content (AvgIpc) is 2.36. The summed E-state index contributed by atoms with van der Waals surface area (Å²) in [5.41, 5.74) is 1.18. The Morgan fingerprint density at radius 1 is 1.32 bits per heavy atom. The third-order valence-corrected chi connectivity index (χ3v) is 3.25. The maximum atomic E-state index is 11.6. The number of Topliss-reactive ketones (excluding diaryl/α,β-unsaturated/α-hetero) is 1. The van der Waals surface area contributed by atoms with Crippen LogP contribution in [0.2, 0.25) is 0 Å². The molecule has 4 nitrogen and oxygen atoms in total.